The largest absolute Gasteiger partial charge is 0.465 e. The number of esters is 2. The van der Waals surface area contributed by atoms with Gasteiger partial charge in [0.25, 0.3) is 0 Å². The van der Waals surface area contributed by atoms with Crippen LogP contribution in [0.5, 0.6) is 0 Å². The highest BCUT2D eigenvalue weighted by molar-refractivity contribution is 6.31. The van der Waals surface area contributed by atoms with Gasteiger partial charge in [-0.25, -0.2) is 31.9 Å². The molecule has 17 heteroatoms. The minimum absolute atomic E-state index is 0.0125. The van der Waals surface area contributed by atoms with Crippen LogP contribution in [0, 0.1) is 23.3 Å². The maximum absolute atomic E-state index is 14.6. The number of nitrogens with one attached hydrogen (secondary N) is 2. The Balaban J connectivity index is 0.000000224. The third-order valence-electron chi connectivity index (χ3n) is 8.25. The summed E-state index contributed by atoms with van der Waals surface area (Å²) >= 11 is 11.5. The van der Waals surface area contributed by atoms with Gasteiger partial charge in [0.15, 0.2) is 0 Å². The molecule has 2 fully saturated rings. The van der Waals surface area contributed by atoms with Crippen LogP contribution in [0.1, 0.15) is 31.8 Å². The number of nitrogens with zero attached hydrogens (tertiary/aromatic N) is 2. The zero-order valence-electron chi connectivity index (χ0n) is 30.5. The Morgan fingerprint density at radius 1 is 0.714 bits per heavy atom. The highest BCUT2D eigenvalue weighted by atomic mass is 35.5. The highest BCUT2D eigenvalue weighted by Gasteiger charge is 2.26. The summed E-state index contributed by atoms with van der Waals surface area (Å²) in [6.07, 6.45) is 0. The van der Waals surface area contributed by atoms with E-state index in [9.17, 15) is 31.9 Å². The summed E-state index contributed by atoms with van der Waals surface area (Å²) in [5.41, 5.74) is 1.64. The van der Waals surface area contributed by atoms with Crippen LogP contribution >= 0.6 is 23.2 Å². The molecule has 0 aromatic heterocycles. The Kier molecular flexibility index (Phi) is 17.2. The molecule has 0 bridgehead atoms. The van der Waals surface area contributed by atoms with Crippen molar-refractivity contribution in [2.24, 2.45) is 0 Å². The number of hydrogen-bond donors (Lipinski definition) is 2. The van der Waals surface area contributed by atoms with Gasteiger partial charge in [0.2, 0.25) is 0 Å². The number of amides is 2. The van der Waals surface area contributed by atoms with Crippen molar-refractivity contribution in [2.75, 3.05) is 77.0 Å². The molecule has 6 rings (SSSR count). The van der Waals surface area contributed by atoms with Crippen LogP contribution in [0.3, 0.4) is 0 Å². The number of halogens is 6. The number of carbonyl (C=O) groups excluding carboxylic acids is 3. The first-order valence-corrected chi connectivity index (χ1v) is 18.0. The van der Waals surface area contributed by atoms with Gasteiger partial charge in [-0.1, -0.05) is 35.3 Å². The predicted molar refractivity (Wildman–Crippen MR) is 203 cm³/mol. The van der Waals surface area contributed by atoms with E-state index in [1.165, 1.54) is 73.7 Å². The topological polar surface area (TPSA) is 119 Å². The van der Waals surface area contributed by atoms with E-state index >= 15 is 0 Å². The lowest BCUT2D eigenvalue weighted by atomic mass is 10.1. The molecule has 2 saturated heterocycles. The normalized spacial score (nSPS) is 13.6. The van der Waals surface area contributed by atoms with Gasteiger partial charge in [0, 0.05) is 55.2 Å². The van der Waals surface area contributed by atoms with E-state index < -0.39 is 35.2 Å². The summed E-state index contributed by atoms with van der Waals surface area (Å²) in [7, 11) is 2.43. The van der Waals surface area contributed by atoms with Crippen molar-refractivity contribution in [3.05, 3.63) is 128 Å². The van der Waals surface area contributed by atoms with E-state index in [1.807, 2.05) is 0 Å². The van der Waals surface area contributed by atoms with Crippen LogP contribution in [0.2, 0.25) is 10.0 Å². The maximum atomic E-state index is 14.6. The number of hydrogen-bond acceptors (Lipinski definition) is 9. The predicted octanol–water partition coefficient (Wildman–Crippen LogP) is 7.49. The smallest absolute Gasteiger partial charge is 0.337 e. The SMILES string of the molecule is C1COCCN1.COC(=O)c1ccc(CN(C(=O)N2CCOCC2)c2ccc(F)c(Cl)c2)c(F)c1.COC(=O)c1ccc(CNc2ccc(F)c(Cl)c2)c(F)c1. The number of ether oxygens (including phenoxy) is 4. The average molecular weight is 824 g/mol. The number of benzene rings is 4. The van der Waals surface area contributed by atoms with Gasteiger partial charge in [0.05, 0.1) is 68.4 Å². The average Bonchev–Trinajstić information content (AvgIpc) is 3.22. The van der Waals surface area contributed by atoms with Crippen molar-refractivity contribution < 1.29 is 50.9 Å². The summed E-state index contributed by atoms with van der Waals surface area (Å²) in [4.78, 5) is 38.8. The number of carbonyl (C=O) groups is 3. The lowest BCUT2D eigenvalue weighted by Gasteiger charge is -2.33. The van der Waals surface area contributed by atoms with Crippen LogP contribution in [-0.2, 0) is 32.0 Å². The maximum Gasteiger partial charge on any atom is 0.337 e. The molecule has 300 valence electrons. The fourth-order valence-electron chi connectivity index (χ4n) is 5.19. The van der Waals surface area contributed by atoms with Crippen molar-refractivity contribution in [3.8, 4) is 0 Å². The van der Waals surface area contributed by atoms with Gasteiger partial charge in [-0.3, -0.25) is 4.90 Å². The standard InChI is InChI=1S/C20H19ClF2N2O4.C15H12ClF2NO2.C4H9NO/c1-28-19(26)13-2-3-14(18(23)10-13)12-25(15-4-5-17(22)16(21)11-15)20(27)24-6-8-29-9-7-24;1-21-15(20)9-2-3-10(14(18)6-9)8-19-11-4-5-13(17)12(16)7-11;1-3-6-4-2-5-1/h2-5,10-11H,6-9,12H2,1H3;2-7,19H,8H2,1H3;5H,1-4H2. The second-order valence-electron chi connectivity index (χ2n) is 12.0. The van der Waals surface area contributed by atoms with Crippen LogP contribution in [-0.4, -0.2) is 89.7 Å². The lowest BCUT2D eigenvalue weighted by Crippen LogP contribution is -2.48. The Morgan fingerprint density at radius 3 is 1.73 bits per heavy atom. The first-order valence-electron chi connectivity index (χ1n) is 17.2. The molecule has 2 amide bonds. The fraction of sp³-hybridized carbons (Fsp3) is 0.308. The summed E-state index contributed by atoms with van der Waals surface area (Å²) in [6.45, 7) is 5.43. The van der Waals surface area contributed by atoms with Gasteiger partial charge in [0.1, 0.15) is 23.3 Å². The number of morpholine rings is 2. The van der Waals surface area contributed by atoms with Gasteiger partial charge < -0.3 is 34.5 Å². The van der Waals surface area contributed by atoms with Crippen molar-refractivity contribution in [1.82, 2.24) is 10.2 Å². The number of anilines is 2. The molecule has 2 aliphatic rings. The number of methoxy groups -OCH3 is 2. The van der Waals surface area contributed by atoms with Crippen molar-refractivity contribution in [1.29, 1.82) is 0 Å². The molecule has 0 radical (unpaired) electrons. The molecule has 4 aromatic rings. The lowest BCUT2D eigenvalue weighted by molar-refractivity contribution is 0.0548. The van der Waals surface area contributed by atoms with Crippen LogP contribution < -0.4 is 15.5 Å². The van der Waals surface area contributed by atoms with Gasteiger partial charge >= 0.3 is 18.0 Å². The minimum atomic E-state index is -0.666. The van der Waals surface area contributed by atoms with E-state index in [0.29, 0.717) is 43.2 Å². The molecule has 2 heterocycles. The van der Waals surface area contributed by atoms with E-state index in [1.54, 1.807) is 4.90 Å². The monoisotopic (exact) mass is 822 g/mol. The highest BCUT2D eigenvalue weighted by Crippen LogP contribution is 2.27. The van der Waals surface area contributed by atoms with Crippen LogP contribution in [0.25, 0.3) is 0 Å². The Morgan fingerprint density at radius 2 is 1.25 bits per heavy atom. The first-order chi connectivity index (χ1) is 26.9. The van der Waals surface area contributed by atoms with E-state index in [0.717, 1.165) is 44.5 Å². The van der Waals surface area contributed by atoms with Crippen LogP contribution in [0.15, 0.2) is 72.8 Å². The van der Waals surface area contributed by atoms with Gasteiger partial charge in [-0.15, -0.1) is 0 Å². The zero-order chi connectivity index (χ0) is 40.6. The third-order valence-corrected chi connectivity index (χ3v) is 8.83. The molecule has 0 aliphatic carbocycles. The summed E-state index contributed by atoms with van der Waals surface area (Å²) in [5.74, 6) is -3.60. The molecule has 2 aliphatic heterocycles. The molecule has 0 atom stereocenters. The molecular formula is C39H40Cl2F4N4O7. The molecule has 0 unspecified atom stereocenters. The fourth-order valence-corrected chi connectivity index (χ4v) is 5.55. The van der Waals surface area contributed by atoms with E-state index in [-0.39, 0.29) is 45.9 Å². The Labute approximate surface area is 331 Å². The quantitative estimate of drug-likeness (QED) is 0.138. The second kappa shape index (κ2) is 22.0. The van der Waals surface area contributed by atoms with Crippen molar-refractivity contribution in [3.63, 3.8) is 0 Å². The minimum Gasteiger partial charge on any atom is -0.465 e. The van der Waals surface area contributed by atoms with Crippen molar-refractivity contribution >= 4 is 52.5 Å². The molecular weight excluding hydrogens is 783 g/mol. The Bertz CT molecular complexity index is 1960. The van der Waals surface area contributed by atoms with E-state index in [2.05, 4.69) is 20.1 Å². The molecule has 4 aromatic carbocycles. The van der Waals surface area contributed by atoms with Gasteiger partial charge in [-0.2, -0.15) is 0 Å². The number of urea groups is 1. The summed E-state index contributed by atoms with van der Waals surface area (Å²) in [6, 6.07) is 15.6. The molecule has 0 saturated carbocycles. The molecule has 56 heavy (non-hydrogen) atoms. The summed E-state index contributed by atoms with van der Waals surface area (Å²) < 4.78 is 74.5. The van der Waals surface area contributed by atoms with Gasteiger partial charge in [-0.05, 0) is 60.7 Å². The number of rotatable bonds is 8. The molecule has 11 nitrogen and oxygen atoms in total. The molecule has 0 spiro atoms. The Hall–Kier alpha value is -4.93. The van der Waals surface area contributed by atoms with Crippen LogP contribution in [0.4, 0.5) is 33.7 Å². The third kappa shape index (κ3) is 12.8. The second-order valence-corrected chi connectivity index (χ2v) is 12.8. The zero-order valence-corrected chi connectivity index (χ0v) is 32.0. The molecule has 2 N–H and O–H groups in total. The van der Waals surface area contributed by atoms with Crippen molar-refractivity contribution in [2.45, 2.75) is 13.1 Å². The first kappa shape index (κ1) is 43.8. The summed E-state index contributed by atoms with van der Waals surface area (Å²) in [5, 5.41) is 5.92. The van der Waals surface area contributed by atoms with E-state index in [4.69, 9.17) is 32.7 Å².